The fourth-order valence-corrected chi connectivity index (χ4v) is 2.76. The van der Waals surface area contributed by atoms with E-state index < -0.39 is 0 Å². The van der Waals surface area contributed by atoms with Crippen molar-refractivity contribution in [3.63, 3.8) is 0 Å². The summed E-state index contributed by atoms with van der Waals surface area (Å²) >= 11 is 1.47. The van der Waals surface area contributed by atoms with Gasteiger partial charge in [-0.25, -0.2) is 4.98 Å². The number of hydrogen-bond acceptors (Lipinski definition) is 5. The number of ether oxygens (including phenoxy) is 1. The molecule has 20 heavy (non-hydrogen) atoms. The molecular formula is C13H18N4O2S. The summed E-state index contributed by atoms with van der Waals surface area (Å²) < 4.78 is 5.17. The summed E-state index contributed by atoms with van der Waals surface area (Å²) in [5.74, 6) is 0.970. The van der Waals surface area contributed by atoms with Gasteiger partial charge in [0.2, 0.25) is 5.91 Å². The third-order valence-corrected chi connectivity index (χ3v) is 3.81. The highest BCUT2D eigenvalue weighted by molar-refractivity contribution is 7.99. The van der Waals surface area contributed by atoms with Gasteiger partial charge in [-0.2, -0.15) is 0 Å². The smallest absolute Gasteiger partial charge is 0.235 e. The molecule has 0 radical (unpaired) electrons. The molecule has 4 N–H and O–H groups in total. The Hall–Kier alpha value is -1.73. The third kappa shape index (κ3) is 3.43. The van der Waals surface area contributed by atoms with E-state index in [0.29, 0.717) is 12.3 Å². The maximum absolute atomic E-state index is 11.3. The molecular weight excluding hydrogens is 276 g/mol. The Bertz CT molecular complexity index is 599. The molecule has 1 amide bonds. The van der Waals surface area contributed by atoms with E-state index in [9.17, 15) is 4.79 Å². The number of likely N-dealkylation sites (N-methyl/N-ethyl adjacent to an activating group) is 1. The zero-order chi connectivity index (χ0) is 14.5. The number of methoxy groups -OCH3 is 1. The summed E-state index contributed by atoms with van der Waals surface area (Å²) in [6.45, 7) is 2.64. The number of H-pyrrole nitrogens is 1. The van der Waals surface area contributed by atoms with Gasteiger partial charge in [0.25, 0.3) is 0 Å². The van der Waals surface area contributed by atoms with Crippen LogP contribution >= 0.6 is 11.8 Å². The van der Waals surface area contributed by atoms with Crippen LogP contribution in [0.25, 0.3) is 11.0 Å². The molecule has 0 fully saturated rings. The number of nitrogens with two attached hydrogens (primary N) is 1. The van der Waals surface area contributed by atoms with E-state index in [0.717, 1.165) is 21.9 Å². The summed E-state index contributed by atoms with van der Waals surface area (Å²) in [5.41, 5.74) is 7.11. The van der Waals surface area contributed by atoms with Crippen molar-refractivity contribution in [3.05, 3.63) is 18.2 Å². The number of amides is 1. The lowest BCUT2D eigenvalue weighted by atomic mass is 10.3. The minimum atomic E-state index is -0.354. The van der Waals surface area contributed by atoms with Gasteiger partial charge in [-0.05, 0) is 18.7 Å². The molecule has 1 aromatic carbocycles. The lowest BCUT2D eigenvalue weighted by molar-refractivity contribution is -0.119. The predicted octanol–water partition coefficient (Wildman–Crippen LogP) is 1.13. The van der Waals surface area contributed by atoms with Crippen molar-refractivity contribution >= 4 is 28.7 Å². The standard InChI is InChI=1S/C13H18N4O2S/c1-3-15-11(12(14)18)7-20-13-16-9-5-4-8(19-2)6-10(9)17-13/h4-6,11,15H,3,7H2,1-2H3,(H2,14,18)(H,16,17). The van der Waals surface area contributed by atoms with Crippen LogP contribution in [0.3, 0.4) is 0 Å². The van der Waals surface area contributed by atoms with Gasteiger partial charge in [-0.3, -0.25) is 4.79 Å². The summed E-state index contributed by atoms with van der Waals surface area (Å²) in [5, 5.41) is 3.81. The van der Waals surface area contributed by atoms with Crippen LogP contribution in [0.2, 0.25) is 0 Å². The van der Waals surface area contributed by atoms with Crippen molar-refractivity contribution in [1.29, 1.82) is 0 Å². The minimum Gasteiger partial charge on any atom is -0.497 e. The van der Waals surface area contributed by atoms with Crippen LogP contribution in [0.1, 0.15) is 6.92 Å². The molecule has 1 atom stereocenters. The summed E-state index contributed by atoms with van der Waals surface area (Å²) in [4.78, 5) is 18.9. The Balaban J connectivity index is 2.07. The van der Waals surface area contributed by atoms with E-state index in [4.69, 9.17) is 10.5 Å². The maximum atomic E-state index is 11.3. The number of carbonyl (C=O) groups excluding carboxylic acids is 1. The largest absolute Gasteiger partial charge is 0.497 e. The number of benzene rings is 1. The lowest BCUT2D eigenvalue weighted by Gasteiger charge is -2.12. The van der Waals surface area contributed by atoms with Gasteiger partial charge >= 0.3 is 0 Å². The molecule has 0 saturated heterocycles. The first-order chi connectivity index (χ1) is 9.63. The number of fused-ring (bicyclic) bond motifs is 1. The second kappa shape index (κ2) is 6.62. The first-order valence-electron chi connectivity index (χ1n) is 6.33. The van der Waals surface area contributed by atoms with Crippen LogP contribution in [-0.4, -0.2) is 41.3 Å². The van der Waals surface area contributed by atoms with Crippen LogP contribution in [0, 0.1) is 0 Å². The number of carbonyl (C=O) groups is 1. The number of primary amides is 1. The van der Waals surface area contributed by atoms with E-state index in [-0.39, 0.29) is 11.9 Å². The van der Waals surface area contributed by atoms with Crippen molar-refractivity contribution in [2.75, 3.05) is 19.4 Å². The van der Waals surface area contributed by atoms with E-state index in [1.807, 2.05) is 25.1 Å². The zero-order valence-corrected chi connectivity index (χ0v) is 12.3. The highest BCUT2D eigenvalue weighted by Gasteiger charge is 2.15. The Morgan fingerprint density at radius 1 is 1.60 bits per heavy atom. The first-order valence-corrected chi connectivity index (χ1v) is 7.32. The fraction of sp³-hybridized carbons (Fsp3) is 0.385. The number of thioether (sulfide) groups is 1. The Kier molecular flexibility index (Phi) is 4.86. The molecule has 0 bridgehead atoms. The Labute approximate surface area is 121 Å². The fourth-order valence-electron chi connectivity index (χ4n) is 1.81. The summed E-state index contributed by atoms with van der Waals surface area (Å²) in [7, 11) is 1.63. The molecule has 0 aliphatic heterocycles. The first kappa shape index (κ1) is 14.7. The van der Waals surface area contributed by atoms with Gasteiger partial charge in [0, 0.05) is 11.8 Å². The van der Waals surface area contributed by atoms with Crippen molar-refractivity contribution in [2.45, 2.75) is 18.1 Å². The molecule has 6 nitrogen and oxygen atoms in total. The zero-order valence-electron chi connectivity index (χ0n) is 11.5. The quantitative estimate of drug-likeness (QED) is 0.666. The molecule has 2 rings (SSSR count). The van der Waals surface area contributed by atoms with Crippen molar-refractivity contribution in [2.24, 2.45) is 5.73 Å². The highest BCUT2D eigenvalue weighted by Crippen LogP contribution is 2.23. The monoisotopic (exact) mass is 294 g/mol. The highest BCUT2D eigenvalue weighted by atomic mass is 32.2. The van der Waals surface area contributed by atoms with Gasteiger partial charge < -0.3 is 20.8 Å². The van der Waals surface area contributed by atoms with Gasteiger partial charge in [-0.1, -0.05) is 18.7 Å². The van der Waals surface area contributed by atoms with E-state index in [1.165, 1.54) is 11.8 Å². The van der Waals surface area contributed by atoms with Crippen LogP contribution in [0.4, 0.5) is 0 Å². The van der Waals surface area contributed by atoms with Gasteiger partial charge in [0.05, 0.1) is 24.2 Å². The second-order valence-corrected chi connectivity index (χ2v) is 5.26. The molecule has 1 unspecified atom stereocenters. The van der Waals surface area contributed by atoms with Crippen LogP contribution in [0.15, 0.2) is 23.4 Å². The van der Waals surface area contributed by atoms with Gasteiger partial charge in [0.1, 0.15) is 5.75 Å². The molecule has 0 spiro atoms. The van der Waals surface area contributed by atoms with Crippen LogP contribution < -0.4 is 15.8 Å². The van der Waals surface area contributed by atoms with E-state index in [1.54, 1.807) is 7.11 Å². The van der Waals surface area contributed by atoms with Crippen molar-refractivity contribution in [3.8, 4) is 5.75 Å². The average molecular weight is 294 g/mol. The SMILES string of the molecule is CCNC(CSc1nc2ccc(OC)cc2[nH]1)C(N)=O. The molecule has 0 aliphatic rings. The Morgan fingerprint density at radius 3 is 3.05 bits per heavy atom. The third-order valence-electron chi connectivity index (χ3n) is 2.85. The minimum absolute atomic E-state index is 0.350. The summed E-state index contributed by atoms with van der Waals surface area (Å²) in [6.07, 6.45) is 0. The average Bonchev–Trinajstić information content (AvgIpc) is 2.84. The molecule has 108 valence electrons. The topological polar surface area (TPSA) is 93.0 Å². The van der Waals surface area contributed by atoms with Crippen molar-refractivity contribution < 1.29 is 9.53 Å². The number of nitrogens with one attached hydrogen (secondary N) is 2. The number of hydrogen-bond donors (Lipinski definition) is 3. The number of aromatic amines is 1. The predicted molar refractivity (Wildman–Crippen MR) is 80.0 cm³/mol. The van der Waals surface area contributed by atoms with Gasteiger partial charge in [-0.15, -0.1) is 0 Å². The molecule has 1 aromatic heterocycles. The molecule has 2 aromatic rings. The normalized spacial score (nSPS) is 12.5. The molecule has 0 saturated carbocycles. The number of imidazole rings is 1. The molecule has 7 heteroatoms. The molecule has 1 heterocycles. The number of aromatic nitrogens is 2. The lowest BCUT2D eigenvalue weighted by Crippen LogP contribution is -2.43. The maximum Gasteiger partial charge on any atom is 0.235 e. The van der Waals surface area contributed by atoms with Gasteiger partial charge in [0.15, 0.2) is 5.16 Å². The van der Waals surface area contributed by atoms with Crippen molar-refractivity contribution in [1.82, 2.24) is 15.3 Å². The molecule has 0 aliphatic carbocycles. The van der Waals surface area contributed by atoms with E-state index in [2.05, 4.69) is 15.3 Å². The van der Waals surface area contributed by atoms with E-state index >= 15 is 0 Å². The number of rotatable bonds is 7. The van der Waals surface area contributed by atoms with Crippen LogP contribution in [0.5, 0.6) is 5.75 Å². The number of nitrogens with zero attached hydrogens (tertiary/aromatic N) is 1. The van der Waals surface area contributed by atoms with Crippen LogP contribution in [-0.2, 0) is 4.79 Å². The summed E-state index contributed by atoms with van der Waals surface area (Å²) in [6, 6.07) is 5.29. The second-order valence-electron chi connectivity index (χ2n) is 4.25. The Morgan fingerprint density at radius 2 is 2.40 bits per heavy atom.